The van der Waals surface area contributed by atoms with Gasteiger partial charge >= 0.3 is 12.0 Å². The van der Waals surface area contributed by atoms with Crippen LogP contribution in [0.15, 0.2) is 54.7 Å². The van der Waals surface area contributed by atoms with Crippen molar-refractivity contribution in [3.8, 4) is 0 Å². The van der Waals surface area contributed by atoms with E-state index >= 15 is 0 Å². The van der Waals surface area contributed by atoms with Crippen LogP contribution in [0.4, 0.5) is 10.6 Å². The molecule has 0 saturated heterocycles. The second-order valence-corrected chi connectivity index (χ2v) is 6.23. The first kappa shape index (κ1) is 21.7. The number of carbonyl (C=O) groups excluding carboxylic acids is 2. The number of urea groups is 1. The maximum atomic E-state index is 12.1. The maximum absolute atomic E-state index is 12.1. The van der Waals surface area contributed by atoms with Gasteiger partial charge in [-0.3, -0.25) is 9.59 Å². The van der Waals surface area contributed by atoms with Gasteiger partial charge in [0.15, 0.2) is 0 Å². The Labute approximate surface area is 168 Å². The van der Waals surface area contributed by atoms with E-state index in [9.17, 15) is 14.4 Å². The highest BCUT2D eigenvalue weighted by molar-refractivity contribution is 5.84. The monoisotopic (exact) mass is 399 g/mol. The fourth-order valence-electron chi connectivity index (χ4n) is 2.55. The Balaban J connectivity index is 1.65. The molecule has 0 bridgehead atoms. The highest BCUT2D eigenvalue weighted by Gasteiger charge is 2.18. The number of hydrogen-bond donors (Lipinski definition) is 5. The summed E-state index contributed by atoms with van der Waals surface area (Å²) in [6, 6.07) is 13.3. The van der Waals surface area contributed by atoms with Crippen molar-refractivity contribution in [2.45, 2.75) is 18.9 Å². The van der Waals surface area contributed by atoms with Crippen LogP contribution in [0.3, 0.4) is 0 Å². The molecule has 1 aromatic heterocycles. The zero-order valence-electron chi connectivity index (χ0n) is 15.9. The molecule has 2 rings (SSSR count). The Kier molecular flexibility index (Phi) is 8.94. The molecule has 0 aliphatic rings. The average molecular weight is 399 g/mol. The van der Waals surface area contributed by atoms with Crippen molar-refractivity contribution in [3.05, 3.63) is 60.3 Å². The lowest BCUT2D eigenvalue weighted by molar-refractivity contribution is -0.137. The van der Waals surface area contributed by atoms with Crippen LogP contribution in [0.25, 0.3) is 0 Å². The molecule has 1 unspecified atom stereocenters. The summed E-state index contributed by atoms with van der Waals surface area (Å²) in [6.45, 7) is 0.825. The molecule has 0 aliphatic heterocycles. The van der Waals surface area contributed by atoms with Crippen molar-refractivity contribution in [2.75, 3.05) is 25.0 Å². The van der Waals surface area contributed by atoms with Crippen LogP contribution in [0.1, 0.15) is 24.4 Å². The number of nitrogens with one attached hydrogen (secondary N) is 4. The van der Waals surface area contributed by atoms with Gasteiger partial charge in [0.1, 0.15) is 5.82 Å². The van der Waals surface area contributed by atoms with Crippen molar-refractivity contribution in [1.82, 2.24) is 20.9 Å². The number of rotatable bonds is 11. The van der Waals surface area contributed by atoms with E-state index in [1.807, 2.05) is 18.2 Å². The molecule has 154 valence electrons. The summed E-state index contributed by atoms with van der Waals surface area (Å²) in [5, 5.41) is 19.9. The van der Waals surface area contributed by atoms with Crippen LogP contribution in [0, 0.1) is 0 Å². The van der Waals surface area contributed by atoms with Crippen LogP contribution in [-0.2, 0) is 9.59 Å². The molecule has 1 atom stereocenters. The summed E-state index contributed by atoms with van der Waals surface area (Å²) in [4.78, 5) is 39.1. The molecule has 1 aromatic carbocycles. The molecule has 0 spiro atoms. The number of benzene rings is 1. The summed E-state index contributed by atoms with van der Waals surface area (Å²) in [7, 11) is 0. The van der Waals surface area contributed by atoms with Crippen molar-refractivity contribution in [2.24, 2.45) is 0 Å². The third kappa shape index (κ3) is 8.74. The van der Waals surface area contributed by atoms with E-state index in [-0.39, 0.29) is 13.0 Å². The van der Waals surface area contributed by atoms with Crippen LogP contribution in [0.5, 0.6) is 0 Å². The Morgan fingerprint density at radius 3 is 2.41 bits per heavy atom. The molecule has 0 radical (unpaired) electrons. The van der Waals surface area contributed by atoms with Gasteiger partial charge < -0.3 is 26.4 Å². The lowest BCUT2D eigenvalue weighted by Crippen LogP contribution is -2.43. The maximum Gasteiger partial charge on any atom is 0.315 e. The molecule has 5 N–H and O–H groups in total. The minimum absolute atomic E-state index is 0.245. The largest absolute Gasteiger partial charge is 0.481 e. The fourth-order valence-corrected chi connectivity index (χ4v) is 2.55. The van der Waals surface area contributed by atoms with E-state index in [2.05, 4.69) is 26.3 Å². The quantitative estimate of drug-likeness (QED) is 0.364. The van der Waals surface area contributed by atoms with Crippen LogP contribution >= 0.6 is 0 Å². The minimum Gasteiger partial charge on any atom is -0.481 e. The van der Waals surface area contributed by atoms with Crippen molar-refractivity contribution in [1.29, 1.82) is 0 Å². The molecule has 9 heteroatoms. The highest BCUT2D eigenvalue weighted by Crippen LogP contribution is 2.16. The molecule has 1 heterocycles. The van der Waals surface area contributed by atoms with Gasteiger partial charge in [-0.2, -0.15) is 0 Å². The topological polar surface area (TPSA) is 132 Å². The lowest BCUT2D eigenvalue weighted by atomic mass is 10.0. The first-order chi connectivity index (χ1) is 14.0. The normalized spacial score (nSPS) is 11.2. The van der Waals surface area contributed by atoms with Gasteiger partial charge in [-0.15, -0.1) is 0 Å². The molecule has 9 nitrogen and oxygen atoms in total. The predicted molar refractivity (Wildman–Crippen MR) is 108 cm³/mol. The number of carboxylic acid groups (broad SMARTS) is 1. The Bertz CT molecular complexity index is 786. The number of amides is 3. The van der Waals surface area contributed by atoms with Gasteiger partial charge in [0.2, 0.25) is 5.91 Å². The van der Waals surface area contributed by atoms with E-state index in [4.69, 9.17) is 5.11 Å². The highest BCUT2D eigenvalue weighted by atomic mass is 16.4. The second kappa shape index (κ2) is 12.0. The Morgan fingerprint density at radius 1 is 0.966 bits per heavy atom. The third-order valence-corrected chi connectivity index (χ3v) is 3.94. The van der Waals surface area contributed by atoms with Gasteiger partial charge in [0, 0.05) is 19.3 Å². The zero-order chi connectivity index (χ0) is 20.9. The number of anilines is 1. The van der Waals surface area contributed by atoms with E-state index < -0.39 is 23.9 Å². The number of nitrogens with zero attached hydrogens (tertiary/aromatic N) is 1. The fraction of sp³-hybridized carbons (Fsp3) is 0.300. The van der Waals surface area contributed by atoms with Gasteiger partial charge in [-0.05, 0) is 24.1 Å². The first-order valence-electron chi connectivity index (χ1n) is 9.27. The van der Waals surface area contributed by atoms with E-state index in [1.54, 1.807) is 36.5 Å². The van der Waals surface area contributed by atoms with Crippen molar-refractivity contribution >= 4 is 23.7 Å². The van der Waals surface area contributed by atoms with Crippen LogP contribution in [-0.4, -0.2) is 47.6 Å². The Morgan fingerprint density at radius 2 is 1.72 bits per heavy atom. The number of carbonyl (C=O) groups is 3. The van der Waals surface area contributed by atoms with Gasteiger partial charge in [-0.1, -0.05) is 36.4 Å². The molecule has 2 aromatic rings. The molecule has 29 heavy (non-hydrogen) atoms. The van der Waals surface area contributed by atoms with E-state index in [1.165, 1.54) is 0 Å². The van der Waals surface area contributed by atoms with Crippen molar-refractivity contribution < 1.29 is 19.5 Å². The number of carboxylic acids is 1. The smallest absolute Gasteiger partial charge is 0.315 e. The molecule has 0 fully saturated rings. The SMILES string of the molecule is O=C(O)CC(NC(=O)CNC(=O)NCCCNc1ccccn1)c1ccccc1. The summed E-state index contributed by atoms with van der Waals surface area (Å²) in [5.41, 5.74) is 0.688. The molecule has 0 aliphatic carbocycles. The molecular weight excluding hydrogens is 374 g/mol. The number of pyridine rings is 1. The first-order valence-corrected chi connectivity index (χ1v) is 9.27. The summed E-state index contributed by atoms with van der Waals surface area (Å²) >= 11 is 0. The predicted octanol–water partition coefficient (Wildman–Crippen LogP) is 1.52. The number of hydrogen-bond acceptors (Lipinski definition) is 5. The summed E-state index contributed by atoms with van der Waals surface area (Å²) in [6.07, 6.45) is 2.13. The number of aromatic nitrogens is 1. The molecular formula is C20H25N5O4. The van der Waals surface area contributed by atoms with Crippen LogP contribution < -0.4 is 21.3 Å². The number of aliphatic carboxylic acids is 1. The van der Waals surface area contributed by atoms with Crippen molar-refractivity contribution in [3.63, 3.8) is 0 Å². The zero-order valence-corrected chi connectivity index (χ0v) is 15.9. The standard InChI is InChI=1S/C20H25N5O4/c26-18(25-16(13-19(27)28)15-7-2-1-3-8-15)14-24-20(29)23-12-6-11-22-17-9-4-5-10-21-17/h1-5,7-10,16H,6,11-14H2,(H,21,22)(H,25,26)(H,27,28)(H2,23,24,29). The average Bonchev–Trinajstić information content (AvgIpc) is 2.72. The van der Waals surface area contributed by atoms with Gasteiger partial charge in [0.25, 0.3) is 0 Å². The van der Waals surface area contributed by atoms with E-state index in [0.29, 0.717) is 25.1 Å². The van der Waals surface area contributed by atoms with Crippen LogP contribution in [0.2, 0.25) is 0 Å². The van der Waals surface area contributed by atoms with Gasteiger partial charge in [-0.25, -0.2) is 9.78 Å². The lowest BCUT2D eigenvalue weighted by Gasteiger charge is -2.17. The second-order valence-electron chi connectivity index (χ2n) is 6.23. The van der Waals surface area contributed by atoms with Gasteiger partial charge in [0.05, 0.1) is 19.0 Å². The summed E-state index contributed by atoms with van der Waals surface area (Å²) < 4.78 is 0. The molecule has 3 amide bonds. The van der Waals surface area contributed by atoms with E-state index in [0.717, 1.165) is 5.82 Å². The molecule has 0 saturated carbocycles. The Hall–Kier alpha value is -3.62. The minimum atomic E-state index is -1.02. The third-order valence-electron chi connectivity index (χ3n) is 3.94. The summed E-state index contributed by atoms with van der Waals surface area (Å²) in [5.74, 6) is -0.723.